The average Bonchev–Trinajstić information content (AvgIpc) is 2.50. The number of hydrogen-bond donors (Lipinski definition) is 1. The van der Waals surface area contributed by atoms with Crippen LogP contribution in [0.3, 0.4) is 0 Å². The van der Waals surface area contributed by atoms with E-state index >= 15 is 0 Å². The van der Waals surface area contributed by atoms with Crippen LogP contribution in [0.15, 0.2) is 48.7 Å². The Kier molecular flexibility index (Phi) is 4.06. The summed E-state index contributed by atoms with van der Waals surface area (Å²) in [4.78, 5) is 8.73. The fourth-order valence-corrected chi connectivity index (χ4v) is 2.71. The van der Waals surface area contributed by atoms with Crippen LogP contribution >= 0.6 is 23.2 Å². The van der Waals surface area contributed by atoms with Crippen LogP contribution in [0.1, 0.15) is 17.4 Å². The van der Waals surface area contributed by atoms with Crippen molar-refractivity contribution in [3.05, 3.63) is 70.0 Å². The topological polar surface area (TPSA) is 46.0 Å². The van der Waals surface area contributed by atoms with Crippen molar-refractivity contribution < 1.29 is 5.11 Å². The molecule has 0 spiro atoms. The van der Waals surface area contributed by atoms with E-state index in [1.54, 1.807) is 24.4 Å². The van der Waals surface area contributed by atoms with Gasteiger partial charge in [-0.15, -0.1) is 0 Å². The van der Waals surface area contributed by atoms with Crippen LogP contribution in [-0.2, 0) is 6.42 Å². The van der Waals surface area contributed by atoms with Gasteiger partial charge in [-0.2, -0.15) is 0 Å². The van der Waals surface area contributed by atoms with E-state index in [0.717, 1.165) is 11.0 Å². The summed E-state index contributed by atoms with van der Waals surface area (Å²) in [7, 11) is 0. The first-order chi connectivity index (χ1) is 10.1. The van der Waals surface area contributed by atoms with E-state index in [9.17, 15) is 5.11 Å². The molecule has 3 rings (SSSR count). The summed E-state index contributed by atoms with van der Waals surface area (Å²) >= 11 is 12.2. The largest absolute Gasteiger partial charge is 0.386 e. The second kappa shape index (κ2) is 5.98. The Balaban J connectivity index is 1.91. The van der Waals surface area contributed by atoms with Gasteiger partial charge in [0, 0.05) is 16.5 Å². The minimum atomic E-state index is -0.806. The predicted octanol–water partition coefficient (Wildman–Crippen LogP) is 4.21. The molecule has 2 aromatic carbocycles. The zero-order valence-electron chi connectivity index (χ0n) is 11.0. The Bertz CT molecular complexity index is 772. The lowest BCUT2D eigenvalue weighted by Gasteiger charge is -2.13. The average molecular weight is 319 g/mol. The molecular weight excluding hydrogens is 307 g/mol. The van der Waals surface area contributed by atoms with E-state index in [0.29, 0.717) is 27.7 Å². The first-order valence-corrected chi connectivity index (χ1v) is 7.23. The summed E-state index contributed by atoms with van der Waals surface area (Å²) in [5.74, 6) is 0. The lowest BCUT2D eigenvalue weighted by atomic mass is 10.1. The molecule has 5 heteroatoms. The standard InChI is InChI=1S/C16H12Cl2N2O/c17-11-4-3-5-12(18)10(11)8-16(21)15-9-19-13-6-1-2-7-14(13)20-15/h1-7,9,16,21H,8H2. The first-order valence-electron chi connectivity index (χ1n) is 6.48. The molecule has 0 saturated heterocycles. The maximum atomic E-state index is 10.4. The number of nitrogens with zero attached hydrogens (tertiary/aromatic N) is 2. The van der Waals surface area contributed by atoms with Crippen LogP contribution in [0.5, 0.6) is 0 Å². The Morgan fingerprint density at radius 2 is 1.62 bits per heavy atom. The first kappa shape index (κ1) is 14.3. The van der Waals surface area contributed by atoms with Crippen molar-refractivity contribution in [2.45, 2.75) is 12.5 Å². The molecule has 0 bridgehead atoms. The number of hydrogen-bond acceptors (Lipinski definition) is 3. The van der Waals surface area contributed by atoms with E-state index in [-0.39, 0.29) is 0 Å². The van der Waals surface area contributed by atoms with Crippen molar-refractivity contribution in [1.82, 2.24) is 9.97 Å². The summed E-state index contributed by atoms with van der Waals surface area (Å²) in [5.41, 5.74) is 2.76. The third kappa shape index (κ3) is 3.00. The number of rotatable bonds is 3. The van der Waals surface area contributed by atoms with Gasteiger partial charge < -0.3 is 5.11 Å². The summed E-state index contributed by atoms with van der Waals surface area (Å²) in [5, 5.41) is 11.4. The van der Waals surface area contributed by atoms with Gasteiger partial charge >= 0.3 is 0 Å². The van der Waals surface area contributed by atoms with Gasteiger partial charge in [-0.25, -0.2) is 4.98 Å². The Hall–Kier alpha value is -1.68. The highest BCUT2D eigenvalue weighted by molar-refractivity contribution is 6.36. The minimum absolute atomic E-state index is 0.297. The molecule has 1 heterocycles. The molecule has 0 aliphatic heterocycles. The molecule has 0 aliphatic rings. The quantitative estimate of drug-likeness (QED) is 0.786. The molecule has 1 aromatic heterocycles. The number of aromatic nitrogens is 2. The lowest BCUT2D eigenvalue weighted by molar-refractivity contribution is 0.173. The van der Waals surface area contributed by atoms with Gasteiger partial charge in [-0.05, 0) is 29.8 Å². The SMILES string of the molecule is OC(Cc1c(Cl)cccc1Cl)c1cnc2ccccc2n1. The van der Waals surface area contributed by atoms with Gasteiger partial charge in [0.15, 0.2) is 0 Å². The molecule has 106 valence electrons. The molecule has 1 unspecified atom stereocenters. The fraction of sp³-hybridized carbons (Fsp3) is 0.125. The van der Waals surface area contributed by atoms with Crippen molar-refractivity contribution in [3.8, 4) is 0 Å². The van der Waals surface area contributed by atoms with Crippen molar-refractivity contribution in [2.75, 3.05) is 0 Å². The minimum Gasteiger partial charge on any atom is -0.386 e. The second-order valence-corrected chi connectivity index (χ2v) is 5.52. The zero-order chi connectivity index (χ0) is 14.8. The number of aliphatic hydroxyl groups is 1. The molecule has 0 radical (unpaired) electrons. The number of para-hydroxylation sites is 2. The van der Waals surface area contributed by atoms with Crippen LogP contribution < -0.4 is 0 Å². The normalized spacial score (nSPS) is 12.5. The van der Waals surface area contributed by atoms with Crippen molar-refractivity contribution >= 4 is 34.2 Å². The molecule has 1 N–H and O–H groups in total. The van der Waals surface area contributed by atoms with Crippen LogP contribution in [0, 0.1) is 0 Å². The zero-order valence-corrected chi connectivity index (χ0v) is 12.5. The van der Waals surface area contributed by atoms with E-state index in [1.807, 2.05) is 24.3 Å². The van der Waals surface area contributed by atoms with E-state index in [2.05, 4.69) is 9.97 Å². The van der Waals surface area contributed by atoms with Gasteiger partial charge in [0.2, 0.25) is 0 Å². The molecule has 0 amide bonds. The molecule has 0 fully saturated rings. The highest BCUT2D eigenvalue weighted by Crippen LogP contribution is 2.29. The number of fused-ring (bicyclic) bond motifs is 1. The molecule has 3 aromatic rings. The molecular formula is C16H12Cl2N2O. The molecule has 1 atom stereocenters. The molecule has 0 aliphatic carbocycles. The van der Waals surface area contributed by atoms with Crippen molar-refractivity contribution in [1.29, 1.82) is 0 Å². The summed E-state index contributed by atoms with van der Waals surface area (Å²) in [6.07, 6.45) is 1.07. The van der Waals surface area contributed by atoms with Crippen molar-refractivity contribution in [2.24, 2.45) is 0 Å². The number of halogens is 2. The van der Waals surface area contributed by atoms with E-state index in [1.165, 1.54) is 0 Å². The molecule has 21 heavy (non-hydrogen) atoms. The highest BCUT2D eigenvalue weighted by Gasteiger charge is 2.15. The van der Waals surface area contributed by atoms with Gasteiger partial charge in [-0.3, -0.25) is 4.98 Å². The smallest absolute Gasteiger partial charge is 0.102 e. The Morgan fingerprint density at radius 3 is 2.33 bits per heavy atom. The predicted molar refractivity (Wildman–Crippen MR) is 84.7 cm³/mol. The summed E-state index contributed by atoms with van der Waals surface area (Å²) < 4.78 is 0. The Labute approximate surface area is 132 Å². The number of benzene rings is 2. The van der Waals surface area contributed by atoms with Gasteiger partial charge in [0.05, 0.1) is 22.9 Å². The molecule has 3 nitrogen and oxygen atoms in total. The Morgan fingerprint density at radius 1 is 0.952 bits per heavy atom. The fourth-order valence-electron chi connectivity index (χ4n) is 2.16. The van der Waals surface area contributed by atoms with Gasteiger partial charge in [-0.1, -0.05) is 41.4 Å². The maximum Gasteiger partial charge on any atom is 0.102 e. The second-order valence-electron chi connectivity index (χ2n) is 4.70. The number of aliphatic hydroxyl groups excluding tert-OH is 1. The third-order valence-corrected chi connectivity index (χ3v) is 3.98. The maximum absolute atomic E-state index is 10.4. The van der Waals surface area contributed by atoms with Crippen LogP contribution in [-0.4, -0.2) is 15.1 Å². The highest BCUT2D eigenvalue weighted by atomic mass is 35.5. The molecule has 0 saturated carbocycles. The van der Waals surface area contributed by atoms with Gasteiger partial charge in [0.1, 0.15) is 6.10 Å². The third-order valence-electron chi connectivity index (χ3n) is 3.27. The summed E-state index contributed by atoms with van der Waals surface area (Å²) in [6, 6.07) is 12.8. The van der Waals surface area contributed by atoms with E-state index < -0.39 is 6.10 Å². The monoisotopic (exact) mass is 318 g/mol. The van der Waals surface area contributed by atoms with Crippen LogP contribution in [0.4, 0.5) is 0 Å². The lowest BCUT2D eigenvalue weighted by Crippen LogP contribution is -2.06. The summed E-state index contributed by atoms with van der Waals surface area (Å²) in [6.45, 7) is 0. The van der Waals surface area contributed by atoms with Crippen molar-refractivity contribution in [3.63, 3.8) is 0 Å². The van der Waals surface area contributed by atoms with Gasteiger partial charge in [0.25, 0.3) is 0 Å². The van der Waals surface area contributed by atoms with E-state index in [4.69, 9.17) is 23.2 Å². The van der Waals surface area contributed by atoms with Crippen LogP contribution in [0.2, 0.25) is 10.0 Å². The van der Waals surface area contributed by atoms with Crippen LogP contribution in [0.25, 0.3) is 11.0 Å².